The molecule has 2 aromatic carbocycles. The van der Waals surface area contributed by atoms with E-state index in [9.17, 15) is 9.59 Å². The number of hydrogen-bond donors (Lipinski definition) is 0. The van der Waals surface area contributed by atoms with Crippen molar-refractivity contribution < 1.29 is 13.9 Å². The summed E-state index contributed by atoms with van der Waals surface area (Å²) >= 11 is 1.33. The van der Waals surface area contributed by atoms with Crippen LogP contribution in [0.2, 0.25) is 0 Å². The number of carbonyl (C=O) groups is 1. The number of nitrogens with zero attached hydrogens (tertiary/aromatic N) is 2. The minimum Gasteiger partial charge on any atom is -0.490 e. The molecule has 0 fully saturated rings. The largest absolute Gasteiger partial charge is 0.490 e. The van der Waals surface area contributed by atoms with Gasteiger partial charge in [0.1, 0.15) is 17.9 Å². The zero-order chi connectivity index (χ0) is 21.5. The van der Waals surface area contributed by atoms with Crippen molar-refractivity contribution >= 4 is 33.3 Å². The maximum Gasteiger partial charge on any atom is 0.297 e. The molecule has 0 N–H and O–H groups in total. The van der Waals surface area contributed by atoms with E-state index in [0.29, 0.717) is 34.0 Å². The topological polar surface area (TPSA) is 72.6 Å². The molecule has 5 rings (SSSR count). The summed E-state index contributed by atoms with van der Waals surface area (Å²) in [6.45, 7) is 5.94. The minimum atomic E-state index is -0.665. The second kappa shape index (κ2) is 7.52. The van der Waals surface area contributed by atoms with Crippen LogP contribution in [0.5, 0.6) is 5.75 Å². The van der Waals surface area contributed by atoms with Crippen molar-refractivity contribution in [3.05, 3.63) is 99.4 Å². The van der Waals surface area contributed by atoms with Crippen LogP contribution in [0.3, 0.4) is 0 Å². The third-order valence-electron chi connectivity index (χ3n) is 5.19. The molecule has 1 amide bonds. The molecule has 31 heavy (non-hydrogen) atoms. The fourth-order valence-corrected chi connectivity index (χ4v) is 4.53. The van der Waals surface area contributed by atoms with Gasteiger partial charge in [0.05, 0.1) is 17.0 Å². The molecule has 0 unspecified atom stereocenters. The van der Waals surface area contributed by atoms with E-state index in [1.54, 1.807) is 29.8 Å². The summed E-state index contributed by atoms with van der Waals surface area (Å²) in [6, 6.07) is 12.1. The van der Waals surface area contributed by atoms with Crippen molar-refractivity contribution in [3.63, 3.8) is 0 Å². The smallest absolute Gasteiger partial charge is 0.297 e. The fraction of sp³-hybridized carbons (Fsp3) is 0.125. The molecule has 154 valence electrons. The van der Waals surface area contributed by atoms with E-state index in [1.807, 2.05) is 37.3 Å². The standard InChI is InChI=1S/C24H18N2O4S/c1-3-10-29-16-6-4-5-15(13-16)20-19-21(27)17-12-14(2)7-8-18(17)30-22(19)23(28)26(20)24-25-9-11-31-24/h3-9,11-13,20H,1,10H2,2H3/t20-/m0/s1. The summed E-state index contributed by atoms with van der Waals surface area (Å²) in [6.07, 6.45) is 3.29. The average Bonchev–Trinajstić information content (AvgIpc) is 3.40. The number of rotatable bonds is 5. The molecule has 0 spiro atoms. The van der Waals surface area contributed by atoms with Gasteiger partial charge in [0.2, 0.25) is 5.76 Å². The van der Waals surface area contributed by atoms with Gasteiger partial charge in [0.25, 0.3) is 5.91 Å². The van der Waals surface area contributed by atoms with Gasteiger partial charge in [-0.3, -0.25) is 14.5 Å². The first-order valence-electron chi connectivity index (χ1n) is 9.72. The Morgan fingerprint density at radius 2 is 2.13 bits per heavy atom. The van der Waals surface area contributed by atoms with Crippen LogP contribution in [0.4, 0.5) is 5.13 Å². The van der Waals surface area contributed by atoms with Crippen LogP contribution in [0.25, 0.3) is 11.0 Å². The molecule has 3 heterocycles. The van der Waals surface area contributed by atoms with Gasteiger partial charge in [-0.15, -0.1) is 11.3 Å². The molecular formula is C24H18N2O4S. The molecular weight excluding hydrogens is 412 g/mol. The molecule has 4 aromatic rings. The first kappa shape index (κ1) is 19.3. The van der Waals surface area contributed by atoms with E-state index in [-0.39, 0.29) is 17.1 Å². The number of thiazole rings is 1. The normalized spacial score (nSPS) is 15.3. The zero-order valence-corrected chi connectivity index (χ0v) is 17.5. The number of aromatic nitrogens is 1. The fourth-order valence-electron chi connectivity index (χ4n) is 3.86. The average molecular weight is 430 g/mol. The number of carbonyl (C=O) groups excluding carboxylic acids is 1. The van der Waals surface area contributed by atoms with Crippen molar-refractivity contribution in [1.82, 2.24) is 4.98 Å². The Kier molecular flexibility index (Phi) is 4.67. The molecule has 1 aliphatic heterocycles. The van der Waals surface area contributed by atoms with Crippen LogP contribution in [0.15, 0.2) is 75.9 Å². The van der Waals surface area contributed by atoms with E-state index in [2.05, 4.69) is 11.6 Å². The molecule has 0 aliphatic carbocycles. The van der Waals surface area contributed by atoms with Crippen molar-refractivity contribution in [2.45, 2.75) is 13.0 Å². The van der Waals surface area contributed by atoms with E-state index >= 15 is 0 Å². The Hall–Kier alpha value is -3.71. The maximum absolute atomic E-state index is 13.6. The highest BCUT2D eigenvalue weighted by atomic mass is 32.1. The van der Waals surface area contributed by atoms with E-state index < -0.39 is 6.04 Å². The van der Waals surface area contributed by atoms with Crippen molar-refractivity contribution in [2.75, 3.05) is 11.5 Å². The van der Waals surface area contributed by atoms with Crippen molar-refractivity contribution in [3.8, 4) is 5.75 Å². The highest BCUT2D eigenvalue weighted by Gasteiger charge is 2.44. The summed E-state index contributed by atoms with van der Waals surface area (Å²) in [5.41, 5.74) is 2.18. The van der Waals surface area contributed by atoms with Gasteiger partial charge in [0, 0.05) is 11.6 Å². The Bertz CT molecular complexity index is 1370. The number of aryl methyl sites for hydroxylation is 1. The van der Waals surface area contributed by atoms with E-state index in [0.717, 1.165) is 11.1 Å². The third kappa shape index (κ3) is 3.14. The lowest BCUT2D eigenvalue weighted by atomic mass is 9.98. The molecule has 0 saturated carbocycles. The molecule has 1 aliphatic rings. The summed E-state index contributed by atoms with van der Waals surface area (Å²) in [5.74, 6) is 0.296. The molecule has 2 aromatic heterocycles. The van der Waals surface area contributed by atoms with Gasteiger partial charge in [-0.2, -0.15) is 0 Å². The van der Waals surface area contributed by atoms with Crippen LogP contribution >= 0.6 is 11.3 Å². The van der Waals surface area contributed by atoms with Crippen LogP contribution in [-0.2, 0) is 0 Å². The van der Waals surface area contributed by atoms with Gasteiger partial charge in [-0.1, -0.05) is 36.4 Å². The maximum atomic E-state index is 13.6. The lowest BCUT2D eigenvalue weighted by molar-refractivity contribution is 0.0971. The van der Waals surface area contributed by atoms with Gasteiger partial charge >= 0.3 is 0 Å². The second-order valence-electron chi connectivity index (χ2n) is 7.24. The minimum absolute atomic E-state index is 0.0546. The predicted octanol–water partition coefficient (Wildman–Crippen LogP) is 4.87. The van der Waals surface area contributed by atoms with Crippen molar-refractivity contribution in [1.29, 1.82) is 0 Å². The van der Waals surface area contributed by atoms with Crippen LogP contribution in [0, 0.1) is 6.92 Å². The highest BCUT2D eigenvalue weighted by molar-refractivity contribution is 7.13. The lowest BCUT2D eigenvalue weighted by Crippen LogP contribution is -2.29. The molecule has 0 bridgehead atoms. The Morgan fingerprint density at radius 3 is 2.90 bits per heavy atom. The van der Waals surface area contributed by atoms with Gasteiger partial charge in [0.15, 0.2) is 10.6 Å². The SMILES string of the molecule is C=CCOc1cccc([C@H]2c3c(oc4ccc(C)cc4c3=O)C(=O)N2c2nccs2)c1. The summed E-state index contributed by atoms with van der Waals surface area (Å²) < 4.78 is 11.6. The van der Waals surface area contributed by atoms with E-state index in [1.165, 1.54) is 16.2 Å². The van der Waals surface area contributed by atoms with Gasteiger partial charge in [-0.05, 0) is 36.8 Å². The monoisotopic (exact) mass is 430 g/mol. The molecule has 6 nitrogen and oxygen atoms in total. The number of anilines is 1. The molecule has 1 atom stereocenters. The Morgan fingerprint density at radius 1 is 1.26 bits per heavy atom. The summed E-state index contributed by atoms with van der Waals surface area (Å²) in [4.78, 5) is 32.8. The van der Waals surface area contributed by atoms with Crippen LogP contribution in [-0.4, -0.2) is 17.5 Å². The molecule has 0 radical (unpaired) electrons. The number of hydrogen-bond acceptors (Lipinski definition) is 6. The number of benzene rings is 2. The zero-order valence-electron chi connectivity index (χ0n) is 16.7. The van der Waals surface area contributed by atoms with Crippen LogP contribution < -0.4 is 15.1 Å². The van der Waals surface area contributed by atoms with Gasteiger partial charge in [-0.25, -0.2) is 4.98 Å². The number of ether oxygens (including phenoxy) is 1. The molecule has 0 saturated heterocycles. The lowest BCUT2D eigenvalue weighted by Gasteiger charge is -2.23. The highest BCUT2D eigenvalue weighted by Crippen LogP contribution is 2.42. The predicted molar refractivity (Wildman–Crippen MR) is 120 cm³/mol. The first-order chi connectivity index (χ1) is 15.1. The summed E-state index contributed by atoms with van der Waals surface area (Å²) in [7, 11) is 0. The summed E-state index contributed by atoms with van der Waals surface area (Å²) in [5, 5.41) is 2.75. The number of amides is 1. The van der Waals surface area contributed by atoms with E-state index in [4.69, 9.17) is 9.15 Å². The van der Waals surface area contributed by atoms with Crippen LogP contribution in [0.1, 0.15) is 33.3 Å². The van der Waals surface area contributed by atoms with Crippen molar-refractivity contribution in [2.24, 2.45) is 0 Å². The first-order valence-corrected chi connectivity index (χ1v) is 10.6. The third-order valence-corrected chi connectivity index (χ3v) is 5.96. The Labute approximate surface area is 182 Å². The quantitative estimate of drug-likeness (QED) is 0.422. The molecule has 7 heteroatoms. The number of fused-ring (bicyclic) bond motifs is 2. The second-order valence-corrected chi connectivity index (χ2v) is 8.11. The Balaban J connectivity index is 1.76. The van der Waals surface area contributed by atoms with Gasteiger partial charge < -0.3 is 9.15 Å².